The van der Waals surface area contributed by atoms with Crippen molar-refractivity contribution in [2.24, 2.45) is 0 Å². The molecule has 9 nitrogen and oxygen atoms in total. The molecule has 156 valence electrons. The predicted octanol–water partition coefficient (Wildman–Crippen LogP) is 2.55. The minimum Gasteiger partial charge on any atom is -0.449 e. The van der Waals surface area contributed by atoms with E-state index in [9.17, 15) is 19.2 Å². The number of amides is 2. The zero-order valence-electron chi connectivity index (χ0n) is 16.9. The van der Waals surface area contributed by atoms with Crippen LogP contribution in [0.2, 0.25) is 0 Å². The molecule has 3 rings (SSSR count). The van der Waals surface area contributed by atoms with E-state index in [-0.39, 0.29) is 13.2 Å². The molecule has 0 aliphatic rings. The highest BCUT2D eigenvalue weighted by atomic mass is 16.6. The van der Waals surface area contributed by atoms with Crippen LogP contribution in [0, 0.1) is 0 Å². The van der Waals surface area contributed by atoms with Gasteiger partial charge in [0.05, 0.1) is 17.5 Å². The summed E-state index contributed by atoms with van der Waals surface area (Å²) in [5.74, 6) is -0.399. The summed E-state index contributed by atoms with van der Waals surface area (Å²) in [4.78, 5) is 52.7. The van der Waals surface area contributed by atoms with Gasteiger partial charge >= 0.3 is 11.8 Å². The normalized spacial score (nSPS) is 10.6. The van der Waals surface area contributed by atoms with E-state index in [0.717, 1.165) is 4.57 Å². The lowest BCUT2D eigenvalue weighted by Crippen LogP contribution is -2.34. The van der Waals surface area contributed by atoms with Crippen molar-refractivity contribution < 1.29 is 14.3 Å². The number of benzene rings is 2. The van der Waals surface area contributed by atoms with Crippen LogP contribution in [0.4, 0.5) is 16.2 Å². The van der Waals surface area contributed by atoms with Gasteiger partial charge in [-0.2, -0.15) is 0 Å². The van der Waals surface area contributed by atoms with Crippen LogP contribution in [-0.4, -0.2) is 35.2 Å². The molecule has 0 radical (unpaired) electrons. The summed E-state index contributed by atoms with van der Waals surface area (Å²) in [6.07, 6.45) is -0.471. The van der Waals surface area contributed by atoms with Crippen LogP contribution in [-0.2, 0) is 11.3 Å². The van der Waals surface area contributed by atoms with Crippen LogP contribution < -0.4 is 21.5 Å². The topological polar surface area (TPSA) is 114 Å². The molecule has 3 aromatic rings. The molecule has 0 unspecified atom stereocenters. The molecule has 0 fully saturated rings. The van der Waals surface area contributed by atoms with Gasteiger partial charge in [0, 0.05) is 30.5 Å². The van der Waals surface area contributed by atoms with E-state index in [0.29, 0.717) is 27.8 Å². The Kier molecular flexibility index (Phi) is 6.01. The van der Waals surface area contributed by atoms with Gasteiger partial charge in [-0.05, 0) is 56.3 Å². The monoisotopic (exact) mass is 410 g/mol. The maximum atomic E-state index is 12.6. The number of carbonyl (C=O) groups is 2. The highest BCUT2D eigenvalue weighted by Gasteiger charge is 2.13. The number of nitrogens with one attached hydrogen (secondary N) is 2. The average Bonchev–Trinajstić information content (AvgIpc) is 2.73. The number of hydrogen-bond acceptors (Lipinski definition) is 5. The van der Waals surface area contributed by atoms with Crippen molar-refractivity contribution >= 4 is 34.3 Å². The third kappa shape index (κ3) is 4.09. The summed E-state index contributed by atoms with van der Waals surface area (Å²) in [6, 6.07) is 11.2. The quantitative estimate of drug-likeness (QED) is 0.671. The first-order valence-electron chi connectivity index (χ1n) is 9.44. The van der Waals surface area contributed by atoms with Crippen molar-refractivity contribution in [3.8, 4) is 0 Å². The largest absolute Gasteiger partial charge is 0.449 e. The van der Waals surface area contributed by atoms with Crippen molar-refractivity contribution in [1.82, 2.24) is 9.55 Å². The second-order valence-corrected chi connectivity index (χ2v) is 6.50. The predicted molar refractivity (Wildman–Crippen MR) is 114 cm³/mol. The first-order valence-corrected chi connectivity index (χ1v) is 9.44. The molecule has 0 saturated heterocycles. The first kappa shape index (κ1) is 20.8. The molecule has 30 heavy (non-hydrogen) atoms. The highest BCUT2D eigenvalue weighted by molar-refractivity contribution is 6.06. The number of H-pyrrole nitrogens is 1. The minimum absolute atomic E-state index is 0.258. The summed E-state index contributed by atoms with van der Waals surface area (Å²) in [5.41, 5.74) is 0.810. The molecular formula is C21H22N4O5. The number of carbonyl (C=O) groups excluding carboxylic acids is 2. The maximum absolute atomic E-state index is 12.6. The van der Waals surface area contributed by atoms with Gasteiger partial charge in [0.1, 0.15) is 0 Å². The lowest BCUT2D eigenvalue weighted by molar-refractivity contribution is 0.102. The van der Waals surface area contributed by atoms with E-state index in [1.54, 1.807) is 45.2 Å². The molecule has 2 aromatic carbocycles. The zero-order chi connectivity index (χ0) is 21.8. The molecule has 0 aliphatic carbocycles. The van der Waals surface area contributed by atoms with Crippen LogP contribution in [0.5, 0.6) is 0 Å². The van der Waals surface area contributed by atoms with E-state index in [4.69, 9.17) is 4.74 Å². The Labute approximate surface area is 171 Å². The van der Waals surface area contributed by atoms with Crippen LogP contribution >= 0.6 is 0 Å². The first-order chi connectivity index (χ1) is 14.3. The molecule has 2 N–H and O–H groups in total. The smallest absolute Gasteiger partial charge is 0.413 e. The number of fused-ring (bicyclic) bond motifs is 1. The summed E-state index contributed by atoms with van der Waals surface area (Å²) in [5, 5.41) is 3.08. The number of aromatic amines is 1. The molecule has 0 bridgehead atoms. The number of nitrogens with zero attached hydrogens (tertiary/aromatic N) is 2. The number of rotatable bonds is 5. The Morgan fingerprint density at radius 3 is 2.43 bits per heavy atom. The Balaban J connectivity index is 1.80. The van der Waals surface area contributed by atoms with E-state index < -0.39 is 23.2 Å². The molecule has 1 aromatic heterocycles. The molecule has 0 spiro atoms. The second kappa shape index (κ2) is 8.64. The average molecular weight is 410 g/mol. The van der Waals surface area contributed by atoms with Gasteiger partial charge < -0.3 is 15.0 Å². The van der Waals surface area contributed by atoms with Gasteiger partial charge in [0.25, 0.3) is 11.5 Å². The van der Waals surface area contributed by atoms with Crippen molar-refractivity contribution in [3.05, 3.63) is 68.9 Å². The summed E-state index contributed by atoms with van der Waals surface area (Å²) in [6.45, 7) is 3.97. The Morgan fingerprint density at radius 2 is 1.80 bits per heavy atom. The lowest BCUT2D eigenvalue weighted by atomic mass is 10.1. The van der Waals surface area contributed by atoms with Crippen molar-refractivity contribution in [3.63, 3.8) is 0 Å². The number of anilines is 2. The summed E-state index contributed by atoms with van der Waals surface area (Å²) < 4.78 is 6.04. The molecular weight excluding hydrogens is 388 g/mol. The fraction of sp³-hybridized carbons (Fsp3) is 0.238. The SMILES string of the molecule is CCOC(=O)N(C)c1ccc(NC(=O)c2ccc3c(=O)n(CC)c(=O)[nH]c3c2)cc1. The number of hydrogen-bond donors (Lipinski definition) is 2. The van der Waals surface area contributed by atoms with Gasteiger partial charge in [0.15, 0.2) is 0 Å². The third-order valence-electron chi connectivity index (χ3n) is 4.61. The number of aromatic nitrogens is 2. The van der Waals surface area contributed by atoms with E-state index in [2.05, 4.69) is 10.3 Å². The van der Waals surface area contributed by atoms with Gasteiger partial charge in [-0.15, -0.1) is 0 Å². The second-order valence-electron chi connectivity index (χ2n) is 6.50. The standard InChI is InChI=1S/C21H22N4O5/c1-4-25-19(27)16-11-6-13(12-17(16)23-20(25)28)18(26)22-14-7-9-15(10-8-14)24(3)21(29)30-5-2/h6-12H,4-5H2,1-3H3,(H,22,26)(H,23,28). The third-order valence-corrected chi connectivity index (χ3v) is 4.61. The molecule has 0 saturated carbocycles. The van der Waals surface area contributed by atoms with Crippen molar-refractivity contribution in [2.45, 2.75) is 20.4 Å². The van der Waals surface area contributed by atoms with E-state index >= 15 is 0 Å². The lowest BCUT2D eigenvalue weighted by Gasteiger charge is -2.17. The van der Waals surface area contributed by atoms with Gasteiger partial charge in [-0.25, -0.2) is 9.59 Å². The molecule has 1 heterocycles. The molecule has 9 heteroatoms. The van der Waals surface area contributed by atoms with Gasteiger partial charge in [-0.1, -0.05) is 0 Å². The zero-order valence-corrected chi connectivity index (χ0v) is 16.9. The number of ether oxygens (including phenoxy) is 1. The van der Waals surface area contributed by atoms with Gasteiger partial charge in [-0.3, -0.25) is 19.1 Å². The molecule has 0 aliphatic heterocycles. The molecule has 2 amide bonds. The fourth-order valence-electron chi connectivity index (χ4n) is 2.98. The summed E-state index contributed by atoms with van der Waals surface area (Å²) in [7, 11) is 1.59. The molecule has 0 atom stereocenters. The van der Waals surface area contributed by atoms with Crippen LogP contribution in [0.3, 0.4) is 0 Å². The Morgan fingerprint density at radius 1 is 1.10 bits per heavy atom. The Bertz CT molecular complexity index is 1210. The van der Waals surface area contributed by atoms with Gasteiger partial charge in [0.2, 0.25) is 0 Å². The maximum Gasteiger partial charge on any atom is 0.413 e. The van der Waals surface area contributed by atoms with E-state index in [1.165, 1.54) is 23.1 Å². The van der Waals surface area contributed by atoms with E-state index in [1.807, 2.05) is 0 Å². The van der Waals surface area contributed by atoms with Crippen LogP contribution in [0.25, 0.3) is 10.9 Å². The van der Waals surface area contributed by atoms with Crippen molar-refractivity contribution in [1.29, 1.82) is 0 Å². The fourth-order valence-corrected chi connectivity index (χ4v) is 2.98. The highest BCUT2D eigenvalue weighted by Crippen LogP contribution is 2.19. The van der Waals surface area contributed by atoms with Crippen LogP contribution in [0.1, 0.15) is 24.2 Å². The van der Waals surface area contributed by atoms with Crippen LogP contribution in [0.15, 0.2) is 52.1 Å². The Hall–Kier alpha value is -3.88. The minimum atomic E-state index is -0.520. The summed E-state index contributed by atoms with van der Waals surface area (Å²) >= 11 is 0. The van der Waals surface area contributed by atoms with Crippen molar-refractivity contribution in [2.75, 3.05) is 23.9 Å².